The molecule has 0 spiro atoms. The highest BCUT2D eigenvalue weighted by atomic mass is 79.9. The zero-order valence-electron chi connectivity index (χ0n) is 5.52. The lowest BCUT2D eigenvalue weighted by atomic mass is 10.4. The molecule has 10 heavy (non-hydrogen) atoms. The maximum absolute atomic E-state index is 8.56. The van der Waals surface area contributed by atoms with Crippen molar-refractivity contribution in [2.24, 2.45) is 0 Å². The molecule has 0 aliphatic carbocycles. The van der Waals surface area contributed by atoms with Gasteiger partial charge in [-0.05, 0) is 28.4 Å². The van der Waals surface area contributed by atoms with Gasteiger partial charge in [-0.15, -0.1) is 11.3 Å². The Labute approximate surface area is 72.4 Å². The molecule has 1 heterocycles. The molecule has 0 saturated carbocycles. The molecule has 0 aliphatic heterocycles. The molecule has 0 N–H and O–H groups in total. The number of halogens is 1. The highest BCUT2D eigenvalue weighted by Crippen LogP contribution is 2.26. The van der Waals surface area contributed by atoms with Gasteiger partial charge in [0.25, 0.3) is 0 Å². The van der Waals surface area contributed by atoms with Crippen LogP contribution in [-0.2, 0) is 6.42 Å². The van der Waals surface area contributed by atoms with Crippen LogP contribution in [-0.4, -0.2) is 0 Å². The van der Waals surface area contributed by atoms with E-state index in [1.165, 1.54) is 4.88 Å². The van der Waals surface area contributed by atoms with Crippen LogP contribution in [0.3, 0.4) is 0 Å². The molecular weight excluding hydrogens is 210 g/mol. The lowest BCUT2D eigenvalue weighted by Gasteiger charge is -1.79. The van der Waals surface area contributed by atoms with Crippen molar-refractivity contribution < 1.29 is 0 Å². The summed E-state index contributed by atoms with van der Waals surface area (Å²) in [5.41, 5.74) is 0. The molecule has 0 atom stereocenters. The number of nitriles is 1. The number of thiophene rings is 1. The Balaban J connectivity index is 3.07. The number of hydrogen-bond acceptors (Lipinski definition) is 2. The molecule has 1 aromatic rings. The third-order valence-electron chi connectivity index (χ3n) is 1.19. The van der Waals surface area contributed by atoms with E-state index in [4.69, 9.17) is 5.26 Å². The monoisotopic (exact) mass is 215 g/mol. The highest BCUT2D eigenvalue weighted by molar-refractivity contribution is 9.10. The van der Waals surface area contributed by atoms with Gasteiger partial charge in [-0.3, -0.25) is 0 Å². The summed E-state index contributed by atoms with van der Waals surface area (Å²) in [7, 11) is 0. The average Bonchev–Trinajstić information content (AvgIpc) is 2.30. The Morgan fingerprint density at radius 2 is 2.50 bits per heavy atom. The summed E-state index contributed by atoms with van der Waals surface area (Å²) in [6.45, 7) is 2.08. The Morgan fingerprint density at radius 1 is 1.80 bits per heavy atom. The summed E-state index contributed by atoms with van der Waals surface area (Å²) >= 11 is 4.86. The van der Waals surface area contributed by atoms with E-state index < -0.39 is 0 Å². The molecule has 52 valence electrons. The van der Waals surface area contributed by atoms with Gasteiger partial charge in [0.1, 0.15) is 10.9 Å². The van der Waals surface area contributed by atoms with Crippen molar-refractivity contribution in [1.29, 1.82) is 5.26 Å². The highest BCUT2D eigenvalue weighted by Gasteiger charge is 2.02. The van der Waals surface area contributed by atoms with Crippen LogP contribution in [0.15, 0.2) is 10.5 Å². The predicted molar refractivity (Wildman–Crippen MR) is 46.1 cm³/mol. The van der Waals surface area contributed by atoms with Crippen molar-refractivity contribution in [1.82, 2.24) is 0 Å². The molecule has 0 saturated heterocycles. The van der Waals surface area contributed by atoms with E-state index in [0.717, 1.165) is 15.8 Å². The van der Waals surface area contributed by atoms with Gasteiger partial charge in [0.05, 0.1) is 0 Å². The van der Waals surface area contributed by atoms with Gasteiger partial charge >= 0.3 is 0 Å². The van der Waals surface area contributed by atoms with E-state index in [0.29, 0.717) is 0 Å². The zero-order chi connectivity index (χ0) is 7.56. The normalized spacial score (nSPS) is 9.30. The summed E-state index contributed by atoms with van der Waals surface area (Å²) in [6.07, 6.45) is 1.00. The topological polar surface area (TPSA) is 23.8 Å². The van der Waals surface area contributed by atoms with Crippen LogP contribution < -0.4 is 0 Å². The van der Waals surface area contributed by atoms with Gasteiger partial charge in [0.2, 0.25) is 0 Å². The van der Waals surface area contributed by atoms with Gasteiger partial charge in [0, 0.05) is 9.35 Å². The van der Waals surface area contributed by atoms with E-state index in [1.54, 1.807) is 11.3 Å². The van der Waals surface area contributed by atoms with E-state index in [9.17, 15) is 0 Å². The van der Waals surface area contributed by atoms with Crippen molar-refractivity contribution >= 4 is 27.3 Å². The molecule has 3 heteroatoms. The second kappa shape index (κ2) is 3.18. The van der Waals surface area contributed by atoms with Crippen LogP contribution in [0, 0.1) is 11.3 Å². The van der Waals surface area contributed by atoms with Crippen molar-refractivity contribution in [2.75, 3.05) is 0 Å². The van der Waals surface area contributed by atoms with Crippen LogP contribution in [0.4, 0.5) is 0 Å². The van der Waals surface area contributed by atoms with Crippen molar-refractivity contribution in [3.63, 3.8) is 0 Å². The second-order valence-corrected chi connectivity index (χ2v) is 3.85. The number of rotatable bonds is 1. The third-order valence-corrected chi connectivity index (χ3v) is 3.26. The maximum atomic E-state index is 8.56. The number of nitrogens with zero attached hydrogens (tertiary/aromatic N) is 1. The lowest BCUT2D eigenvalue weighted by molar-refractivity contribution is 1.18. The van der Waals surface area contributed by atoms with E-state index in [1.807, 2.05) is 6.07 Å². The predicted octanol–water partition coefficient (Wildman–Crippen LogP) is 2.94. The summed E-state index contributed by atoms with van der Waals surface area (Å²) in [5, 5.41) is 8.56. The molecule has 0 radical (unpaired) electrons. The van der Waals surface area contributed by atoms with Crippen LogP contribution >= 0.6 is 27.3 Å². The summed E-state index contributed by atoms with van der Waals surface area (Å²) in [6, 6.07) is 4.12. The Bertz CT molecular complexity index is 272. The van der Waals surface area contributed by atoms with Crippen LogP contribution in [0.5, 0.6) is 0 Å². The molecule has 1 nitrogen and oxygen atoms in total. The van der Waals surface area contributed by atoms with Gasteiger partial charge in [-0.1, -0.05) is 6.92 Å². The molecule has 0 aromatic carbocycles. The van der Waals surface area contributed by atoms with E-state index in [2.05, 4.69) is 28.9 Å². The fourth-order valence-electron chi connectivity index (χ4n) is 0.667. The first-order valence-corrected chi connectivity index (χ1v) is 4.57. The molecule has 0 unspecified atom stereocenters. The molecule has 0 aliphatic rings. The van der Waals surface area contributed by atoms with Gasteiger partial charge in [-0.25, -0.2) is 0 Å². The Kier molecular flexibility index (Phi) is 2.47. The minimum atomic E-state index is 0.775. The van der Waals surface area contributed by atoms with E-state index in [-0.39, 0.29) is 0 Å². The first kappa shape index (κ1) is 7.77. The summed E-state index contributed by atoms with van der Waals surface area (Å²) < 4.78 is 0.928. The maximum Gasteiger partial charge on any atom is 0.119 e. The number of hydrogen-bond donors (Lipinski definition) is 0. The molecule has 1 aromatic heterocycles. The SMILES string of the molecule is CCc1cc(Br)c(C#N)s1. The molecule has 0 amide bonds. The lowest BCUT2D eigenvalue weighted by Crippen LogP contribution is -1.64. The minimum absolute atomic E-state index is 0.775. The molecular formula is C7H6BrNS. The first-order chi connectivity index (χ1) is 4.77. The van der Waals surface area contributed by atoms with Gasteiger partial charge in [0.15, 0.2) is 0 Å². The van der Waals surface area contributed by atoms with Gasteiger partial charge in [-0.2, -0.15) is 5.26 Å². The fourth-order valence-corrected chi connectivity index (χ4v) is 2.21. The molecule has 0 bridgehead atoms. The Hall–Kier alpha value is -0.330. The van der Waals surface area contributed by atoms with Crippen LogP contribution in [0.25, 0.3) is 0 Å². The summed E-state index contributed by atoms with van der Waals surface area (Å²) in [5.74, 6) is 0. The van der Waals surface area contributed by atoms with Gasteiger partial charge < -0.3 is 0 Å². The second-order valence-electron chi connectivity index (χ2n) is 1.86. The van der Waals surface area contributed by atoms with Crippen LogP contribution in [0.2, 0.25) is 0 Å². The largest absolute Gasteiger partial charge is 0.191 e. The summed E-state index contributed by atoms with van der Waals surface area (Å²) in [4.78, 5) is 2.03. The molecule has 1 rings (SSSR count). The van der Waals surface area contributed by atoms with Crippen molar-refractivity contribution in [3.05, 3.63) is 20.3 Å². The number of aryl methyl sites for hydroxylation is 1. The first-order valence-electron chi connectivity index (χ1n) is 2.96. The smallest absolute Gasteiger partial charge is 0.119 e. The average molecular weight is 216 g/mol. The van der Waals surface area contributed by atoms with Crippen molar-refractivity contribution in [2.45, 2.75) is 13.3 Å². The van der Waals surface area contributed by atoms with Crippen LogP contribution in [0.1, 0.15) is 16.7 Å². The van der Waals surface area contributed by atoms with Crippen molar-refractivity contribution in [3.8, 4) is 6.07 Å². The minimum Gasteiger partial charge on any atom is -0.191 e. The quantitative estimate of drug-likeness (QED) is 0.707. The third kappa shape index (κ3) is 1.39. The molecule has 0 fully saturated rings. The zero-order valence-corrected chi connectivity index (χ0v) is 7.92. The Morgan fingerprint density at radius 3 is 2.80 bits per heavy atom. The van der Waals surface area contributed by atoms with E-state index >= 15 is 0 Å². The fraction of sp³-hybridized carbons (Fsp3) is 0.286. The standard InChI is InChI=1S/C7H6BrNS/c1-2-5-3-6(8)7(4-9)10-5/h3H,2H2,1H3.